The molecule has 0 bridgehead atoms. The number of ether oxygens (including phenoxy) is 2. The highest BCUT2D eigenvalue weighted by atomic mass is 16.6. The number of primary amides is 1. The Hall–Kier alpha value is -4.16. The van der Waals surface area contributed by atoms with E-state index >= 15 is 0 Å². The molecule has 0 saturated carbocycles. The quantitative estimate of drug-likeness (QED) is 0.201. The Bertz CT molecular complexity index is 1070. The Morgan fingerprint density at radius 3 is 1.88 bits per heavy atom. The first-order valence-electron chi connectivity index (χ1n) is 13.4. The fourth-order valence-electron chi connectivity index (χ4n) is 3.50. The Labute approximate surface area is 240 Å². The van der Waals surface area contributed by atoms with Crippen LogP contribution in [0.2, 0.25) is 0 Å². The van der Waals surface area contributed by atoms with Gasteiger partial charge in [0.1, 0.15) is 36.9 Å². The van der Waals surface area contributed by atoms with Crippen molar-refractivity contribution in [3.05, 3.63) is 35.9 Å². The summed E-state index contributed by atoms with van der Waals surface area (Å²) in [5.41, 5.74) is 5.36. The van der Waals surface area contributed by atoms with Crippen LogP contribution in [0.15, 0.2) is 30.3 Å². The van der Waals surface area contributed by atoms with E-state index in [1.165, 1.54) is 0 Å². The second-order valence-corrected chi connectivity index (χ2v) is 11.2. The van der Waals surface area contributed by atoms with Gasteiger partial charge in [-0.3, -0.25) is 24.0 Å². The van der Waals surface area contributed by atoms with Gasteiger partial charge in [0.25, 0.3) is 0 Å². The third-order valence-corrected chi connectivity index (χ3v) is 5.57. The van der Waals surface area contributed by atoms with Gasteiger partial charge in [-0.15, -0.1) is 0 Å². The third-order valence-electron chi connectivity index (χ3n) is 5.57. The number of carbonyl (C=O) groups is 6. The molecular weight excluding hydrogens is 534 g/mol. The molecule has 0 radical (unpaired) electrons. The van der Waals surface area contributed by atoms with Gasteiger partial charge in [-0.05, 0) is 38.2 Å². The van der Waals surface area contributed by atoms with Gasteiger partial charge < -0.3 is 36.5 Å². The molecule has 0 unspecified atom stereocenters. The molecule has 5 amide bonds. The zero-order chi connectivity index (χ0) is 31.3. The second-order valence-electron chi connectivity index (χ2n) is 11.2. The number of hydrogen-bond donors (Lipinski definition) is 5. The molecule has 0 saturated heterocycles. The Morgan fingerprint density at radius 1 is 0.829 bits per heavy atom. The van der Waals surface area contributed by atoms with Gasteiger partial charge in [0.15, 0.2) is 0 Å². The first-order chi connectivity index (χ1) is 19.0. The molecule has 1 rings (SSSR count). The molecule has 0 aliphatic heterocycles. The van der Waals surface area contributed by atoms with Crippen LogP contribution >= 0.6 is 0 Å². The molecule has 6 N–H and O–H groups in total. The SMILES string of the molecule is CC(C)[C@H](NC(=O)CNC(=O)OCc1ccccc1)C(=O)N[C@H](C(=O)N[C@@H](CC(=O)OC(C)(C)C)C(N)=O)C(C)C. The van der Waals surface area contributed by atoms with Crippen LogP contribution in [-0.2, 0) is 40.1 Å². The number of rotatable bonds is 14. The first-order valence-corrected chi connectivity index (χ1v) is 13.4. The summed E-state index contributed by atoms with van der Waals surface area (Å²) >= 11 is 0. The summed E-state index contributed by atoms with van der Waals surface area (Å²) in [5.74, 6) is -4.53. The minimum Gasteiger partial charge on any atom is -0.460 e. The number of hydrogen-bond acceptors (Lipinski definition) is 8. The molecule has 0 aromatic heterocycles. The molecule has 13 nitrogen and oxygen atoms in total. The number of esters is 1. The van der Waals surface area contributed by atoms with E-state index in [0.717, 1.165) is 5.56 Å². The van der Waals surface area contributed by atoms with E-state index < -0.39 is 78.3 Å². The number of alkyl carbamates (subject to hydrolysis) is 1. The topological polar surface area (TPSA) is 195 Å². The summed E-state index contributed by atoms with van der Waals surface area (Å²) in [6, 6.07) is 5.47. The summed E-state index contributed by atoms with van der Waals surface area (Å²) in [4.78, 5) is 74.6. The highest BCUT2D eigenvalue weighted by Gasteiger charge is 2.33. The standard InChI is InChI=1S/C28H43N5O8/c1-16(2)22(32-20(34)14-30-27(39)40-15-18-11-9-8-10-12-18)26(38)33-23(17(3)4)25(37)31-19(24(29)36)13-21(35)41-28(5,6)7/h8-12,16-17,19,22-23H,13-15H2,1-7H3,(H2,29,36)(H,30,39)(H,31,37)(H,32,34)(H,33,38)/t19-,22-,23-/m0/s1. The van der Waals surface area contributed by atoms with Crippen molar-refractivity contribution in [2.24, 2.45) is 17.6 Å². The van der Waals surface area contributed by atoms with Crippen LogP contribution < -0.4 is 27.0 Å². The van der Waals surface area contributed by atoms with Gasteiger partial charge in [0, 0.05) is 0 Å². The van der Waals surface area contributed by atoms with E-state index in [-0.39, 0.29) is 12.5 Å². The summed E-state index contributed by atoms with van der Waals surface area (Å²) in [6.45, 7) is 11.3. The van der Waals surface area contributed by atoms with Crippen molar-refractivity contribution in [1.29, 1.82) is 0 Å². The maximum Gasteiger partial charge on any atom is 0.407 e. The summed E-state index contributed by atoms with van der Waals surface area (Å²) in [7, 11) is 0. The Kier molecular flexibility index (Phi) is 13.8. The number of amides is 5. The summed E-state index contributed by atoms with van der Waals surface area (Å²) < 4.78 is 10.3. The van der Waals surface area contributed by atoms with Crippen LogP contribution in [0.25, 0.3) is 0 Å². The molecule has 228 valence electrons. The fraction of sp³-hybridized carbons (Fsp3) is 0.571. The zero-order valence-electron chi connectivity index (χ0n) is 24.7. The lowest BCUT2D eigenvalue weighted by molar-refractivity contribution is -0.156. The van der Waals surface area contributed by atoms with Crippen LogP contribution in [0.1, 0.15) is 60.5 Å². The second kappa shape index (κ2) is 16.2. The summed E-state index contributed by atoms with van der Waals surface area (Å²) in [6.07, 6.45) is -1.29. The van der Waals surface area contributed by atoms with Crippen molar-refractivity contribution >= 4 is 35.7 Å². The van der Waals surface area contributed by atoms with Crippen LogP contribution in [0.4, 0.5) is 4.79 Å². The van der Waals surface area contributed by atoms with E-state index in [1.807, 2.05) is 6.07 Å². The normalized spacial score (nSPS) is 13.4. The maximum atomic E-state index is 13.1. The highest BCUT2D eigenvalue weighted by molar-refractivity contribution is 5.95. The van der Waals surface area contributed by atoms with Crippen LogP contribution in [0, 0.1) is 11.8 Å². The smallest absolute Gasteiger partial charge is 0.407 e. The van der Waals surface area contributed by atoms with Crippen molar-refractivity contribution in [3.63, 3.8) is 0 Å². The van der Waals surface area contributed by atoms with E-state index in [2.05, 4.69) is 21.3 Å². The molecule has 1 aromatic rings. The maximum absolute atomic E-state index is 13.1. The number of benzene rings is 1. The van der Waals surface area contributed by atoms with Crippen molar-refractivity contribution in [1.82, 2.24) is 21.3 Å². The Morgan fingerprint density at radius 2 is 1.37 bits per heavy atom. The lowest BCUT2D eigenvalue weighted by Crippen LogP contribution is -2.59. The molecule has 0 spiro atoms. The predicted molar refractivity (Wildman–Crippen MR) is 150 cm³/mol. The molecule has 1 aromatic carbocycles. The average molecular weight is 578 g/mol. The number of nitrogens with two attached hydrogens (primary N) is 1. The Balaban J connectivity index is 2.76. The van der Waals surface area contributed by atoms with E-state index in [1.54, 1.807) is 72.7 Å². The zero-order valence-corrected chi connectivity index (χ0v) is 24.7. The molecular formula is C28H43N5O8. The predicted octanol–water partition coefficient (Wildman–Crippen LogP) is 0.896. The van der Waals surface area contributed by atoms with Gasteiger partial charge in [-0.2, -0.15) is 0 Å². The molecule has 13 heteroatoms. The highest BCUT2D eigenvalue weighted by Crippen LogP contribution is 2.11. The molecule has 0 fully saturated rings. The van der Waals surface area contributed by atoms with Gasteiger partial charge in [0.05, 0.1) is 6.42 Å². The number of carbonyl (C=O) groups excluding carboxylic acids is 6. The van der Waals surface area contributed by atoms with Crippen molar-refractivity contribution in [2.45, 2.75) is 85.2 Å². The van der Waals surface area contributed by atoms with Gasteiger partial charge in [-0.25, -0.2) is 4.79 Å². The van der Waals surface area contributed by atoms with Gasteiger partial charge >= 0.3 is 12.1 Å². The van der Waals surface area contributed by atoms with E-state index in [4.69, 9.17) is 15.2 Å². The first kappa shape index (κ1) is 34.9. The van der Waals surface area contributed by atoms with Crippen molar-refractivity contribution in [2.75, 3.05) is 6.54 Å². The van der Waals surface area contributed by atoms with Crippen LogP contribution in [0.3, 0.4) is 0 Å². The lowest BCUT2D eigenvalue weighted by Gasteiger charge is -2.28. The third kappa shape index (κ3) is 13.6. The van der Waals surface area contributed by atoms with Crippen molar-refractivity contribution < 1.29 is 38.2 Å². The fourth-order valence-corrected chi connectivity index (χ4v) is 3.50. The van der Waals surface area contributed by atoms with Gasteiger partial charge in [0.2, 0.25) is 23.6 Å². The molecule has 3 atom stereocenters. The lowest BCUT2D eigenvalue weighted by atomic mass is 9.99. The molecule has 0 heterocycles. The van der Waals surface area contributed by atoms with Crippen molar-refractivity contribution in [3.8, 4) is 0 Å². The largest absolute Gasteiger partial charge is 0.460 e. The summed E-state index contributed by atoms with van der Waals surface area (Å²) in [5, 5.41) is 9.88. The number of nitrogens with one attached hydrogen (secondary N) is 4. The van der Waals surface area contributed by atoms with Crippen LogP contribution in [0.5, 0.6) is 0 Å². The molecule has 0 aliphatic carbocycles. The minimum atomic E-state index is -1.36. The average Bonchev–Trinajstić information content (AvgIpc) is 2.86. The van der Waals surface area contributed by atoms with Crippen LogP contribution in [-0.4, -0.2) is 66.0 Å². The monoisotopic (exact) mass is 577 g/mol. The van der Waals surface area contributed by atoms with E-state index in [9.17, 15) is 28.8 Å². The molecule has 0 aliphatic rings. The van der Waals surface area contributed by atoms with E-state index in [0.29, 0.717) is 0 Å². The minimum absolute atomic E-state index is 0.0261. The van der Waals surface area contributed by atoms with Gasteiger partial charge in [-0.1, -0.05) is 58.0 Å². The molecule has 41 heavy (non-hydrogen) atoms.